The van der Waals surface area contributed by atoms with E-state index in [0.29, 0.717) is 42.8 Å². The summed E-state index contributed by atoms with van der Waals surface area (Å²) in [5.74, 6) is 0.535. The Balaban J connectivity index is 2.26. The maximum Gasteiger partial charge on any atom is 0.146 e. The normalized spacial score (nSPS) is 10.1. The quantitative estimate of drug-likeness (QED) is 0.732. The zero-order valence-corrected chi connectivity index (χ0v) is 11.0. The molecule has 0 aliphatic carbocycles. The van der Waals surface area contributed by atoms with Gasteiger partial charge in [0, 0.05) is 26.5 Å². The molecule has 6 heteroatoms. The van der Waals surface area contributed by atoms with E-state index in [-0.39, 0.29) is 0 Å². The van der Waals surface area contributed by atoms with Gasteiger partial charge in [-0.2, -0.15) is 5.26 Å². The zero-order chi connectivity index (χ0) is 13.2. The van der Waals surface area contributed by atoms with Crippen LogP contribution in [0.5, 0.6) is 0 Å². The van der Waals surface area contributed by atoms with Crippen molar-refractivity contribution >= 4 is 17.4 Å². The van der Waals surface area contributed by atoms with E-state index >= 15 is 0 Å². The fourth-order valence-electron chi connectivity index (χ4n) is 1.28. The van der Waals surface area contributed by atoms with Gasteiger partial charge in [-0.15, -0.1) is 0 Å². The standard InChI is InChI=1S/C12H16ClN3O2/c1-17-7-8-18-6-2-4-15-12-11(13)10(9-14)3-5-16-12/h3,5H,2,4,6-8H2,1H3,(H,15,16). The summed E-state index contributed by atoms with van der Waals surface area (Å²) in [6.45, 7) is 2.53. The van der Waals surface area contributed by atoms with Crippen molar-refractivity contribution in [2.24, 2.45) is 0 Å². The number of nitrogens with zero attached hydrogens (tertiary/aromatic N) is 2. The Morgan fingerprint density at radius 3 is 3.00 bits per heavy atom. The highest BCUT2D eigenvalue weighted by Crippen LogP contribution is 2.22. The molecule has 98 valence electrons. The number of methoxy groups -OCH3 is 1. The molecule has 0 fully saturated rings. The van der Waals surface area contributed by atoms with E-state index in [2.05, 4.69) is 10.3 Å². The van der Waals surface area contributed by atoms with Gasteiger partial charge in [0.2, 0.25) is 0 Å². The SMILES string of the molecule is COCCOCCCNc1nccc(C#N)c1Cl. The van der Waals surface area contributed by atoms with Crippen molar-refractivity contribution in [1.29, 1.82) is 5.26 Å². The van der Waals surface area contributed by atoms with Gasteiger partial charge in [0.25, 0.3) is 0 Å². The van der Waals surface area contributed by atoms with E-state index in [0.717, 1.165) is 6.42 Å². The first kappa shape index (κ1) is 14.7. The summed E-state index contributed by atoms with van der Waals surface area (Å²) in [6, 6.07) is 3.59. The van der Waals surface area contributed by atoms with Crippen LogP contribution in [0.25, 0.3) is 0 Å². The van der Waals surface area contributed by atoms with Gasteiger partial charge in [-0.3, -0.25) is 0 Å². The van der Waals surface area contributed by atoms with E-state index in [1.54, 1.807) is 19.4 Å². The van der Waals surface area contributed by atoms with Crippen LogP contribution >= 0.6 is 11.6 Å². The average molecular weight is 270 g/mol. The molecule has 1 heterocycles. The van der Waals surface area contributed by atoms with Crippen LogP contribution in [-0.2, 0) is 9.47 Å². The van der Waals surface area contributed by atoms with Gasteiger partial charge < -0.3 is 14.8 Å². The summed E-state index contributed by atoms with van der Waals surface area (Å²) in [5.41, 5.74) is 0.422. The molecule has 0 amide bonds. The van der Waals surface area contributed by atoms with Crippen LogP contribution in [0.3, 0.4) is 0 Å². The van der Waals surface area contributed by atoms with Crippen molar-refractivity contribution in [1.82, 2.24) is 4.98 Å². The molecule has 0 atom stereocenters. The Kier molecular flexibility index (Phi) is 7.11. The largest absolute Gasteiger partial charge is 0.382 e. The highest BCUT2D eigenvalue weighted by Gasteiger charge is 2.05. The van der Waals surface area contributed by atoms with Crippen LogP contribution in [-0.4, -0.2) is 38.5 Å². The van der Waals surface area contributed by atoms with Crippen molar-refractivity contribution in [3.63, 3.8) is 0 Å². The lowest BCUT2D eigenvalue weighted by Gasteiger charge is -2.08. The number of hydrogen-bond acceptors (Lipinski definition) is 5. The van der Waals surface area contributed by atoms with E-state index in [4.69, 9.17) is 26.3 Å². The van der Waals surface area contributed by atoms with Crippen molar-refractivity contribution in [2.75, 3.05) is 38.8 Å². The van der Waals surface area contributed by atoms with E-state index in [1.165, 1.54) is 0 Å². The lowest BCUT2D eigenvalue weighted by molar-refractivity contribution is 0.0705. The van der Waals surface area contributed by atoms with Gasteiger partial charge in [0.15, 0.2) is 0 Å². The molecule has 0 bridgehead atoms. The number of hydrogen-bond donors (Lipinski definition) is 1. The summed E-state index contributed by atoms with van der Waals surface area (Å²) in [4.78, 5) is 4.08. The highest BCUT2D eigenvalue weighted by atomic mass is 35.5. The fraction of sp³-hybridized carbons (Fsp3) is 0.500. The molecule has 0 radical (unpaired) electrons. The Labute approximate surface area is 112 Å². The predicted molar refractivity (Wildman–Crippen MR) is 69.8 cm³/mol. The zero-order valence-electron chi connectivity index (χ0n) is 10.3. The third-order valence-corrected chi connectivity index (χ3v) is 2.58. The van der Waals surface area contributed by atoms with Crippen LogP contribution in [0, 0.1) is 11.3 Å². The molecule has 0 aromatic carbocycles. The van der Waals surface area contributed by atoms with Crippen LogP contribution < -0.4 is 5.32 Å². The minimum absolute atomic E-state index is 0.361. The number of anilines is 1. The topological polar surface area (TPSA) is 67.2 Å². The molecule has 1 aromatic heterocycles. The third kappa shape index (κ3) is 4.88. The van der Waals surface area contributed by atoms with E-state index in [1.807, 2.05) is 6.07 Å². The maximum absolute atomic E-state index is 8.81. The Morgan fingerprint density at radius 2 is 2.28 bits per heavy atom. The lowest BCUT2D eigenvalue weighted by atomic mass is 10.3. The van der Waals surface area contributed by atoms with Crippen molar-refractivity contribution in [2.45, 2.75) is 6.42 Å². The number of nitrogens with one attached hydrogen (secondary N) is 1. The molecule has 1 aromatic rings. The van der Waals surface area contributed by atoms with Gasteiger partial charge in [-0.05, 0) is 12.5 Å². The second-order valence-corrected chi connectivity index (χ2v) is 3.90. The first-order valence-corrected chi connectivity index (χ1v) is 6.02. The molecular weight excluding hydrogens is 254 g/mol. The second kappa shape index (κ2) is 8.70. The van der Waals surface area contributed by atoms with E-state index < -0.39 is 0 Å². The highest BCUT2D eigenvalue weighted by molar-refractivity contribution is 6.34. The van der Waals surface area contributed by atoms with Gasteiger partial charge >= 0.3 is 0 Å². The molecular formula is C12H16ClN3O2. The van der Waals surface area contributed by atoms with Crippen LogP contribution in [0.2, 0.25) is 5.02 Å². The first-order chi connectivity index (χ1) is 8.79. The summed E-state index contributed by atoms with van der Waals surface area (Å²) in [5, 5.41) is 12.2. The van der Waals surface area contributed by atoms with Gasteiger partial charge in [-0.25, -0.2) is 4.98 Å². The van der Waals surface area contributed by atoms with Crippen LogP contribution in [0.4, 0.5) is 5.82 Å². The smallest absolute Gasteiger partial charge is 0.146 e. The van der Waals surface area contributed by atoms with Crippen molar-refractivity contribution in [3.05, 3.63) is 22.8 Å². The average Bonchev–Trinajstić information content (AvgIpc) is 2.39. The summed E-state index contributed by atoms with van der Waals surface area (Å²) in [6.07, 6.45) is 2.39. The predicted octanol–water partition coefficient (Wildman–Crippen LogP) is 2.07. The first-order valence-electron chi connectivity index (χ1n) is 5.64. The van der Waals surface area contributed by atoms with Gasteiger partial charge in [0.05, 0.1) is 18.8 Å². The Hall–Kier alpha value is -1.35. The van der Waals surface area contributed by atoms with Crippen molar-refractivity contribution in [3.8, 4) is 6.07 Å². The summed E-state index contributed by atoms with van der Waals surface area (Å²) >= 11 is 5.99. The Morgan fingerprint density at radius 1 is 1.44 bits per heavy atom. The molecule has 18 heavy (non-hydrogen) atoms. The fourth-order valence-corrected chi connectivity index (χ4v) is 1.50. The molecule has 0 unspecified atom stereocenters. The maximum atomic E-state index is 8.81. The van der Waals surface area contributed by atoms with E-state index in [9.17, 15) is 0 Å². The number of aromatic nitrogens is 1. The summed E-state index contributed by atoms with van der Waals surface area (Å²) < 4.78 is 10.2. The molecule has 0 saturated carbocycles. The lowest BCUT2D eigenvalue weighted by Crippen LogP contribution is -2.09. The van der Waals surface area contributed by atoms with Gasteiger partial charge in [-0.1, -0.05) is 11.6 Å². The molecule has 0 saturated heterocycles. The third-order valence-electron chi connectivity index (χ3n) is 2.20. The number of pyridine rings is 1. The molecule has 0 aliphatic heterocycles. The minimum atomic E-state index is 0.361. The molecule has 5 nitrogen and oxygen atoms in total. The number of ether oxygens (including phenoxy) is 2. The molecule has 0 spiro atoms. The monoisotopic (exact) mass is 269 g/mol. The minimum Gasteiger partial charge on any atom is -0.382 e. The number of nitriles is 1. The summed E-state index contributed by atoms with van der Waals surface area (Å²) in [7, 11) is 1.64. The second-order valence-electron chi connectivity index (χ2n) is 3.52. The van der Waals surface area contributed by atoms with Gasteiger partial charge in [0.1, 0.15) is 16.9 Å². The molecule has 1 rings (SSSR count). The molecule has 0 aliphatic rings. The van der Waals surface area contributed by atoms with Crippen molar-refractivity contribution < 1.29 is 9.47 Å². The van der Waals surface area contributed by atoms with Crippen LogP contribution in [0.1, 0.15) is 12.0 Å². The Bertz CT molecular complexity index is 407. The number of rotatable bonds is 8. The molecule has 1 N–H and O–H groups in total. The number of halogens is 1. The van der Waals surface area contributed by atoms with Crippen LogP contribution in [0.15, 0.2) is 12.3 Å².